The molecule has 11 heteroatoms. The minimum absolute atomic E-state index is 0.0258. The number of carbonyl (C=O) groups excluding carboxylic acids is 2. The van der Waals surface area contributed by atoms with Crippen LogP contribution in [0.3, 0.4) is 0 Å². The maximum atomic E-state index is 13.0. The lowest BCUT2D eigenvalue weighted by molar-refractivity contribution is -0.138. The Hall–Kier alpha value is -3.57. The molecule has 0 saturated heterocycles. The Balaban J connectivity index is 1.14. The molecule has 4 N–H and O–H groups in total. The highest BCUT2D eigenvalue weighted by Gasteiger charge is 2.29. The molecule has 246 valence electrons. The molecule has 3 aromatic rings. The number of ether oxygens (including phenoxy) is 2. The predicted octanol–water partition coefficient (Wildman–Crippen LogP) is 5.07. The number of carboxylic acid groups (broad SMARTS) is 1. The number of amides is 1. The lowest BCUT2D eigenvalue weighted by Gasteiger charge is -2.27. The Morgan fingerprint density at radius 1 is 0.933 bits per heavy atom. The van der Waals surface area contributed by atoms with Crippen LogP contribution in [0.1, 0.15) is 83.4 Å². The quantitative estimate of drug-likeness (QED) is 0.146. The third kappa shape index (κ3) is 9.96. The van der Waals surface area contributed by atoms with Gasteiger partial charge < -0.3 is 30.2 Å². The highest BCUT2D eigenvalue weighted by Crippen LogP contribution is 2.32. The largest absolute Gasteiger partial charge is 0.481 e. The number of nitrogens with two attached hydrogens (primary N) is 1. The molecule has 1 aromatic carbocycles. The van der Waals surface area contributed by atoms with E-state index in [1.807, 2.05) is 18.2 Å². The van der Waals surface area contributed by atoms with Crippen LogP contribution in [-0.2, 0) is 36.8 Å². The summed E-state index contributed by atoms with van der Waals surface area (Å²) in [4.78, 5) is 45.5. The Kier molecular flexibility index (Phi) is 13.6. The second-order valence-corrected chi connectivity index (χ2v) is 12.0. The highest BCUT2D eigenvalue weighted by molar-refractivity contribution is 6.06. The van der Waals surface area contributed by atoms with E-state index in [2.05, 4.69) is 27.9 Å². The van der Waals surface area contributed by atoms with Crippen LogP contribution in [0.15, 0.2) is 24.3 Å². The smallest absolute Gasteiger partial charge is 0.305 e. The van der Waals surface area contributed by atoms with E-state index in [1.165, 1.54) is 0 Å². The number of ketones is 1. The van der Waals surface area contributed by atoms with Gasteiger partial charge in [-0.3, -0.25) is 14.4 Å². The first-order valence-electron chi connectivity index (χ1n) is 16.6. The van der Waals surface area contributed by atoms with E-state index < -0.39 is 5.97 Å². The molecule has 2 heterocycles. The summed E-state index contributed by atoms with van der Waals surface area (Å²) in [6, 6.07) is 8.08. The van der Waals surface area contributed by atoms with Crippen molar-refractivity contribution in [1.29, 1.82) is 0 Å². The molecule has 0 atom stereocenters. The first-order valence-corrected chi connectivity index (χ1v) is 16.6. The minimum Gasteiger partial charge on any atom is -0.481 e. The van der Waals surface area contributed by atoms with Gasteiger partial charge in [-0.1, -0.05) is 38.0 Å². The number of aliphatic carboxylic acids is 1. The third-order valence-electron chi connectivity index (χ3n) is 8.68. The number of hydrogen-bond donors (Lipinski definition) is 3. The lowest BCUT2D eigenvalue weighted by atomic mass is 9.78. The Labute approximate surface area is 265 Å². The molecule has 0 spiro atoms. The zero-order valence-electron chi connectivity index (χ0n) is 26.6. The molecule has 4 rings (SSSR count). The summed E-state index contributed by atoms with van der Waals surface area (Å²) in [6.45, 7) is 4.66. The van der Waals surface area contributed by atoms with E-state index in [1.54, 1.807) is 0 Å². The molecular weight excluding hydrogens is 574 g/mol. The number of nitrogens with zero attached hydrogens (tertiary/aromatic N) is 3. The van der Waals surface area contributed by atoms with Crippen LogP contribution in [0.2, 0.25) is 0 Å². The molecule has 0 radical (unpaired) electrons. The van der Waals surface area contributed by atoms with Gasteiger partial charge in [0.05, 0.1) is 43.9 Å². The standard InChI is InChI=1S/C34H49N5O6/c1-2-3-12-29-38-31-32(26-9-6-7-10-27(26)37-33(31)35)39(29)19-8-4-5-11-28(40)24-13-15-25(16-14-24)34(43)36-18-21-45-23-22-44-20-17-30(41)42/h6-7,9-10,24-25H,2-5,8,11-23H2,1H3,(H2,35,37)(H,36,43)(H,41,42). The fourth-order valence-corrected chi connectivity index (χ4v) is 6.17. The van der Waals surface area contributed by atoms with Crippen LogP contribution in [0, 0.1) is 11.8 Å². The number of Topliss-reactive ketones (excluding diaryl/α,β-unsaturated/α-hetero) is 1. The van der Waals surface area contributed by atoms with Gasteiger partial charge in [-0.25, -0.2) is 9.97 Å². The van der Waals surface area contributed by atoms with E-state index >= 15 is 0 Å². The Bertz CT molecular complexity index is 1420. The number of aryl methyl sites for hydroxylation is 2. The van der Waals surface area contributed by atoms with Gasteiger partial charge in [0.15, 0.2) is 5.82 Å². The van der Waals surface area contributed by atoms with Crippen LogP contribution in [0.25, 0.3) is 21.9 Å². The number of imidazole rings is 1. The molecule has 11 nitrogen and oxygen atoms in total. The first kappa shape index (κ1) is 34.3. The molecule has 1 aliphatic carbocycles. The number of benzene rings is 1. The van der Waals surface area contributed by atoms with Crippen molar-refractivity contribution in [3.8, 4) is 0 Å². The van der Waals surface area contributed by atoms with Crippen molar-refractivity contribution < 1.29 is 29.0 Å². The fourth-order valence-electron chi connectivity index (χ4n) is 6.17. The van der Waals surface area contributed by atoms with E-state index in [4.69, 9.17) is 25.3 Å². The average Bonchev–Trinajstić information content (AvgIpc) is 3.41. The number of para-hydroxylation sites is 1. The summed E-state index contributed by atoms with van der Waals surface area (Å²) in [5.74, 6) is 0.992. The van der Waals surface area contributed by atoms with Crippen molar-refractivity contribution >= 4 is 45.4 Å². The van der Waals surface area contributed by atoms with Crippen molar-refractivity contribution in [3.63, 3.8) is 0 Å². The number of aromatic nitrogens is 3. The predicted molar refractivity (Wildman–Crippen MR) is 174 cm³/mol. The van der Waals surface area contributed by atoms with Gasteiger partial charge in [0.2, 0.25) is 5.91 Å². The average molecular weight is 624 g/mol. The molecule has 2 aromatic heterocycles. The molecule has 45 heavy (non-hydrogen) atoms. The number of carbonyl (C=O) groups is 3. The van der Waals surface area contributed by atoms with Crippen LogP contribution in [0.4, 0.5) is 5.82 Å². The highest BCUT2D eigenvalue weighted by atomic mass is 16.5. The Morgan fingerprint density at radius 2 is 1.67 bits per heavy atom. The summed E-state index contributed by atoms with van der Waals surface area (Å²) in [5, 5.41) is 12.6. The van der Waals surface area contributed by atoms with E-state index in [0.717, 1.165) is 98.5 Å². The molecule has 1 amide bonds. The number of pyridine rings is 1. The minimum atomic E-state index is -0.890. The molecule has 1 fully saturated rings. The molecular formula is C34H49N5O6. The monoisotopic (exact) mass is 623 g/mol. The summed E-state index contributed by atoms with van der Waals surface area (Å²) in [5.41, 5.74) is 9.05. The van der Waals surface area contributed by atoms with Crippen molar-refractivity contribution in [3.05, 3.63) is 30.1 Å². The SMILES string of the molecule is CCCCc1nc2c(N)nc3ccccc3c2n1CCCCCC(=O)C1CCC(C(=O)NCCOCCOCCC(=O)O)CC1. The van der Waals surface area contributed by atoms with Gasteiger partial charge >= 0.3 is 5.97 Å². The molecule has 0 aliphatic heterocycles. The van der Waals surface area contributed by atoms with Crippen molar-refractivity contribution in [1.82, 2.24) is 19.9 Å². The number of rotatable bonds is 20. The molecule has 1 aliphatic rings. The van der Waals surface area contributed by atoms with Crippen molar-refractivity contribution in [2.24, 2.45) is 11.8 Å². The van der Waals surface area contributed by atoms with Crippen molar-refractivity contribution in [2.75, 3.05) is 38.7 Å². The van der Waals surface area contributed by atoms with Crippen LogP contribution >= 0.6 is 0 Å². The van der Waals surface area contributed by atoms with E-state index in [-0.39, 0.29) is 30.8 Å². The molecule has 0 bridgehead atoms. The summed E-state index contributed by atoms with van der Waals surface area (Å²) < 4.78 is 12.9. The number of unbranched alkanes of at least 4 members (excludes halogenated alkanes) is 3. The molecule has 0 unspecified atom stereocenters. The van der Waals surface area contributed by atoms with Crippen LogP contribution < -0.4 is 11.1 Å². The van der Waals surface area contributed by atoms with Crippen molar-refractivity contribution in [2.45, 2.75) is 90.5 Å². The van der Waals surface area contributed by atoms with Gasteiger partial charge in [-0.15, -0.1) is 0 Å². The second kappa shape index (κ2) is 17.8. The number of nitrogen functional groups attached to an aromatic ring is 1. The van der Waals surface area contributed by atoms with Gasteiger partial charge in [-0.05, 0) is 51.0 Å². The third-order valence-corrected chi connectivity index (χ3v) is 8.68. The van der Waals surface area contributed by atoms with Gasteiger partial charge in [0, 0.05) is 43.2 Å². The number of carboxylic acids is 1. The van der Waals surface area contributed by atoms with Gasteiger partial charge in [-0.2, -0.15) is 0 Å². The number of hydrogen-bond acceptors (Lipinski definition) is 8. The van der Waals surface area contributed by atoms with Crippen LogP contribution in [0.5, 0.6) is 0 Å². The van der Waals surface area contributed by atoms with E-state index in [0.29, 0.717) is 44.4 Å². The number of anilines is 1. The maximum Gasteiger partial charge on any atom is 0.305 e. The first-order chi connectivity index (χ1) is 21.9. The van der Waals surface area contributed by atoms with Gasteiger partial charge in [0.1, 0.15) is 17.1 Å². The topological polar surface area (TPSA) is 159 Å². The fraction of sp³-hybridized carbons (Fsp3) is 0.618. The Morgan fingerprint density at radius 3 is 2.42 bits per heavy atom. The second-order valence-electron chi connectivity index (χ2n) is 12.0. The normalized spacial score (nSPS) is 16.7. The molecule has 1 saturated carbocycles. The number of fused-ring (bicyclic) bond motifs is 3. The maximum absolute atomic E-state index is 13.0. The van der Waals surface area contributed by atoms with E-state index in [9.17, 15) is 14.4 Å². The van der Waals surface area contributed by atoms with Crippen LogP contribution in [-0.4, -0.2) is 70.3 Å². The number of nitrogens with one attached hydrogen (secondary N) is 1. The summed E-state index contributed by atoms with van der Waals surface area (Å²) in [6.07, 6.45) is 9.43. The lowest BCUT2D eigenvalue weighted by Crippen LogP contribution is -2.36. The summed E-state index contributed by atoms with van der Waals surface area (Å²) >= 11 is 0. The van der Waals surface area contributed by atoms with Gasteiger partial charge in [0.25, 0.3) is 0 Å². The summed E-state index contributed by atoms with van der Waals surface area (Å²) in [7, 11) is 0. The zero-order chi connectivity index (χ0) is 32.0. The zero-order valence-corrected chi connectivity index (χ0v) is 26.6.